The molecule has 118 valence electrons. The molecule has 0 aliphatic carbocycles. The SMILES string of the molecule is Cn1cnc(S(=O)(=O)NCc2cccnc2-c2ccncc2)c1. The van der Waals surface area contributed by atoms with Gasteiger partial charge in [-0.15, -0.1) is 0 Å². The molecule has 8 heteroatoms. The van der Waals surface area contributed by atoms with Crippen molar-refractivity contribution in [1.29, 1.82) is 0 Å². The standard InChI is InChI=1S/C15H15N5O2S/c1-20-10-14(18-11-20)23(21,22)19-9-13-3-2-6-17-15(13)12-4-7-16-8-5-12/h2-8,10-11,19H,9H2,1H3. The van der Waals surface area contributed by atoms with Gasteiger partial charge in [0.2, 0.25) is 0 Å². The van der Waals surface area contributed by atoms with Crippen molar-refractivity contribution in [2.24, 2.45) is 7.05 Å². The Balaban J connectivity index is 1.84. The Morgan fingerprint density at radius 1 is 1.13 bits per heavy atom. The van der Waals surface area contributed by atoms with Crippen molar-refractivity contribution in [3.8, 4) is 11.3 Å². The molecule has 0 aliphatic heterocycles. The number of rotatable bonds is 5. The average molecular weight is 329 g/mol. The molecule has 0 unspecified atom stereocenters. The van der Waals surface area contributed by atoms with Crippen molar-refractivity contribution in [3.63, 3.8) is 0 Å². The van der Waals surface area contributed by atoms with Gasteiger partial charge in [0.05, 0.1) is 12.0 Å². The van der Waals surface area contributed by atoms with Crippen LogP contribution in [0.15, 0.2) is 60.4 Å². The third-order valence-corrected chi connectivity index (χ3v) is 4.54. The molecule has 3 aromatic heterocycles. The van der Waals surface area contributed by atoms with Crippen LogP contribution in [0.25, 0.3) is 11.3 Å². The second-order valence-corrected chi connectivity index (χ2v) is 6.66. The van der Waals surface area contributed by atoms with Crippen molar-refractivity contribution in [2.75, 3.05) is 0 Å². The first kappa shape index (κ1) is 15.3. The molecule has 0 amide bonds. The largest absolute Gasteiger partial charge is 0.339 e. The van der Waals surface area contributed by atoms with Crippen molar-refractivity contribution in [1.82, 2.24) is 24.2 Å². The van der Waals surface area contributed by atoms with Gasteiger partial charge in [-0.1, -0.05) is 6.07 Å². The summed E-state index contributed by atoms with van der Waals surface area (Å²) in [6.07, 6.45) is 7.92. The minimum atomic E-state index is -3.66. The number of pyridine rings is 2. The van der Waals surface area contributed by atoms with Crippen LogP contribution in [0.1, 0.15) is 5.56 Å². The van der Waals surface area contributed by atoms with Crippen LogP contribution in [-0.2, 0) is 23.6 Å². The fourth-order valence-electron chi connectivity index (χ4n) is 2.13. The molecule has 0 aromatic carbocycles. The molecule has 3 heterocycles. The molecule has 0 saturated heterocycles. The van der Waals surface area contributed by atoms with E-state index in [0.717, 1.165) is 16.8 Å². The van der Waals surface area contributed by atoms with E-state index in [2.05, 4.69) is 19.7 Å². The van der Waals surface area contributed by atoms with Gasteiger partial charge in [0.25, 0.3) is 10.0 Å². The molecule has 3 aromatic rings. The van der Waals surface area contributed by atoms with Crippen molar-refractivity contribution < 1.29 is 8.42 Å². The van der Waals surface area contributed by atoms with Gasteiger partial charge in [0.1, 0.15) is 0 Å². The number of imidazole rings is 1. The van der Waals surface area contributed by atoms with Crippen LogP contribution >= 0.6 is 0 Å². The van der Waals surface area contributed by atoms with Crippen molar-refractivity contribution >= 4 is 10.0 Å². The number of nitrogens with one attached hydrogen (secondary N) is 1. The Morgan fingerprint density at radius 2 is 1.91 bits per heavy atom. The highest BCUT2D eigenvalue weighted by Gasteiger charge is 2.17. The fraction of sp³-hybridized carbons (Fsp3) is 0.133. The maximum absolute atomic E-state index is 12.2. The monoisotopic (exact) mass is 329 g/mol. The molecule has 0 spiro atoms. The Labute approximate surface area is 134 Å². The molecule has 0 aliphatic rings. The third kappa shape index (κ3) is 3.43. The minimum absolute atomic E-state index is 0.00523. The summed E-state index contributed by atoms with van der Waals surface area (Å²) in [5, 5.41) is -0.00523. The van der Waals surface area contributed by atoms with Crippen molar-refractivity contribution in [2.45, 2.75) is 11.6 Å². The summed E-state index contributed by atoms with van der Waals surface area (Å²) in [6, 6.07) is 7.27. The van der Waals surface area contributed by atoms with Crippen LogP contribution in [0.5, 0.6) is 0 Å². The van der Waals surface area contributed by atoms with E-state index in [4.69, 9.17) is 0 Å². The lowest BCUT2D eigenvalue weighted by molar-refractivity contribution is 0.578. The van der Waals surface area contributed by atoms with Crippen LogP contribution in [0.4, 0.5) is 0 Å². The third-order valence-electron chi connectivity index (χ3n) is 3.25. The number of nitrogens with zero attached hydrogens (tertiary/aromatic N) is 4. The van der Waals surface area contributed by atoms with Gasteiger partial charge in [-0.3, -0.25) is 9.97 Å². The second kappa shape index (κ2) is 6.27. The second-order valence-electron chi connectivity index (χ2n) is 4.95. The van der Waals surface area contributed by atoms with Gasteiger partial charge in [-0.05, 0) is 23.8 Å². The molecular formula is C15H15N5O2S. The van der Waals surface area contributed by atoms with Gasteiger partial charge in [0, 0.05) is 43.9 Å². The number of hydrogen-bond acceptors (Lipinski definition) is 5. The first-order chi connectivity index (χ1) is 11.1. The quantitative estimate of drug-likeness (QED) is 0.763. The summed E-state index contributed by atoms with van der Waals surface area (Å²) < 4.78 is 28.6. The fourth-order valence-corrected chi connectivity index (χ4v) is 3.11. The Hall–Kier alpha value is -2.58. The Kier molecular flexibility index (Phi) is 4.18. The van der Waals surface area contributed by atoms with Gasteiger partial charge >= 0.3 is 0 Å². The molecule has 0 atom stereocenters. The van der Waals surface area contributed by atoms with Gasteiger partial charge < -0.3 is 4.57 Å². The first-order valence-electron chi connectivity index (χ1n) is 6.88. The maximum Gasteiger partial charge on any atom is 0.259 e. The highest BCUT2D eigenvalue weighted by Crippen LogP contribution is 2.20. The highest BCUT2D eigenvalue weighted by molar-refractivity contribution is 7.89. The summed E-state index contributed by atoms with van der Waals surface area (Å²) in [5.74, 6) is 0. The first-order valence-corrected chi connectivity index (χ1v) is 8.36. The molecule has 0 bridgehead atoms. The molecule has 0 saturated carbocycles. The molecule has 23 heavy (non-hydrogen) atoms. The predicted octanol–water partition coefficient (Wildman–Crippen LogP) is 1.36. The normalized spacial score (nSPS) is 11.5. The zero-order chi connectivity index (χ0) is 16.3. The average Bonchev–Trinajstić information content (AvgIpc) is 3.02. The topological polar surface area (TPSA) is 89.8 Å². The summed E-state index contributed by atoms with van der Waals surface area (Å²) in [6.45, 7) is 0.129. The Morgan fingerprint density at radius 3 is 2.61 bits per heavy atom. The van der Waals surface area contributed by atoms with E-state index in [0.29, 0.717) is 0 Å². The Bertz CT molecular complexity index is 906. The zero-order valence-corrected chi connectivity index (χ0v) is 13.2. The number of sulfonamides is 1. The van der Waals surface area contributed by atoms with Gasteiger partial charge in [-0.25, -0.2) is 18.1 Å². The smallest absolute Gasteiger partial charge is 0.259 e. The maximum atomic E-state index is 12.2. The minimum Gasteiger partial charge on any atom is -0.339 e. The lowest BCUT2D eigenvalue weighted by Gasteiger charge is -2.09. The summed E-state index contributed by atoms with van der Waals surface area (Å²) in [4.78, 5) is 12.2. The molecule has 7 nitrogen and oxygen atoms in total. The van der Waals surface area contributed by atoms with Crippen LogP contribution in [0.3, 0.4) is 0 Å². The summed E-state index contributed by atoms with van der Waals surface area (Å²) >= 11 is 0. The van der Waals surface area contributed by atoms with Crippen LogP contribution in [0, 0.1) is 0 Å². The van der Waals surface area contributed by atoms with E-state index in [-0.39, 0.29) is 11.6 Å². The molecule has 0 fully saturated rings. The molecular weight excluding hydrogens is 314 g/mol. The van der Waals surface area contributed by atoms with Crippen LogP contribution < -0.4 is 4.72 Å². The lowest BCUT2D eigenvalue weighted by Crippen LogP contribution is -2.24. The van der Waals surface area contributed by atoms with E-state index < -0.39 is 10.0 Å². The lowest BCUT2D eigenvalue weighted by atomic mass is 10.1. The van der Waals surface area contributed by atoms with Gasteiger partial charge in [-0.2, -0.15) is 0 Å². The number of hydrogen-bond donors (Lipinski definition) is 1. The van der Waals surface area contributed by atoms with E-state index in [1.807, 2.05) is 18.2 Å². The zero-order valence-electron chi connectivity index (χ0n) is 12.4. The van der Waals surface area contributed by atoms with E-state index in [1.165, 1.54) is 12.5 Å². The number of aryl methyl sites for hydroxylation is 1. The summed E-state index contributed by atoms with van der Waals surface area (Å²) in [7, 11) is -1.94. The van der Waals surface area contributed by atoms with E-state index in [9.17, 15) is 8.42 Å². The highest BCUT2D eigenvalue weighted by atomic mass is 32.2. The number of aromatic nitrogens is 4. The summed E-state index contributed by atoms with van der Waals surface area (Å²) in [5.41, 5.74) is 2.38. The molecule has 3 rings (SSSR count). The van der Waals surface area contributed by atoms with Crippen molar-refractivity contribution in [3.05, 3.63) is 60.9 Å². The molecule has 1 N–H and O–H groups in total. The molecule has 0 radical (unpaired) electrons. The van der Waals surface area contributed by atoms with E-state index >= 15 is 0 Å². The predicted molar refractivity (Wildman–Crippen MR) is 84.7 cm³/mol. The van der Waals surface area contributed by atoms with Crippen LogP contribution in [-0.4, -0.2) is 27.9 Å². The van der Waals surface area contributed by atoms with E-state index in [1.54, 1.807) is 36.3 Å². The van der Waals surface area contributed by atoms with Crippen LogP contribution in [0.2, 0.25) is 0 Å². The van der Waals surface area contributed by atoms with Gasteiger partial charge in [0.15, 0.2) is 5.03 Å².